The smallest absolute Gasteiger partial charge is 0.331 e. The van der Waals surface area contributed by atoms with Gasteiger partial charge >= 0.3 is 5.97 Å². The van der Waals surface area contributed by atoms with Crippen LogP contribution in [0.15, 0.2) is 35.5 Å². The number of fused-ring (bicyclic) bond motifs is 5. The second-order valence-corrected chi connectivity index (χ2v) is 6.54. The molecule has 1 N–H and O–H groups in total. The van der Waals surface area contributed by atoms with Gasteiger partial charge in [-0.25, -0.2) is 4.79 Å². The molecule has 2 bridgehead atoms. The van der Waals surface area contributed by atoms with E-state index in [2.05, 4.69) is 13.2 Å². The summed E-state index contributed by atoms with van der Waals surface area (Å²) in [5.74, 6) is 2.21. The van der Waals surface area contributed by atoms with Crippen molar-refractivity contribution in [2.45, 2.75) is 33.1 Å². The van der Waals surface area contributed by atoms with Gasteiger partial charge in [-0.2, -0.15) is 0 Å². The van der Waals surface area contributed by atoms with Crippen LogP contribution in [-0.2, 0) is 4.79 Å². The Balaban J connectivity index is 1.93. The number of carbonyl (C=O) groups is 1. The summed E-state index contributed by atoms with van der Waals surface area (Å²) in [6.45, 7) is 12.2. The molecule has 0 heterocycles. The quantitative estimate of drug-likeness (QED) is 0.765. The van der Waals surface area contributed by atoms with Crippen LogP contribution in [0.25, 0.3) is 0 Å². The van der Waals surface area contributed by atoms with E-state index in [-0.39, 0.29) is 0 Å². The Kier molecular flexibility index (Phi) is 2.74. The van der Waals surface area contributed by atoms with E-state index in [1.807, 2.05) is 6.92 Å². The molecule has 2 nitrogen and oxygen atoms in total. The lowest BCUT2D eigenvalue weighted by atomic mass is 9.72. The van der Waals surface area contributed by atoms with Gasteiger partial charge in [0.2, 0.25) is 0 Å². The van der Waals surface area contributed by atoms with E-state index >= 15 is 0 Å². The summed E-state index contributed by atoms with van der Waals surface area (Å²) >= 11 is 0. The number of rotatable bonds is 2. The Morgan fingerprint density at radius 3 is 2.42 bits per heavy atom. The molecule has 5 atom stereocenters. The summed E-state index contributed by atoms with van der Waals surface area (Å²) in [6.07, 6.45) is 3.58. The van der Waals surface area contributed by atoms with Crippen LogP contribution in [-0.4, -0.2) is 11.1 Å². The molecule has 3 saturated carbocycles. The van der Waals surface area contributed by atoms with Crippen LogP contribution in [0.1, 0.15) is 33.1 Å². The molecule has 3 fully saturated rings. The van der Waals surface area contributed by atoms with E-state index in [0.717, 1.165) is 17.9 Å². The molecule has 0 aromatic carbocycles. The first-order chi connectivity index (χ1) is 8.93. The first-order valence-corrected chi connectivity index (χ1v) is 7.22. The van der Waals surface area contributed by atoms with Crippen molar-refractivity contribution in [2.24, 2.45) is 29.6 Å². The Bertz CT molecular complexity index is 511. The highest BCUT2D eigenvalue weighted by atomic mass is 16.4. The summed E-state index contributed by atoms with van der Waals surface area (Å²) in [4.78, 5) is 11.2. The van der Waals surface area contributed by atoms with Gasteiger partial charge < -0.3 is 5.11 Å². The van der Waals surface area contributed by atoms with E-state index in [0.29, 0.717) is 29.2 Å². The number of carboxylic acids is 1. The monoisotopic (exact) mass is 258 g/mol. The van der Waals surface area contributed by atoms with Gasteiger partial charge in [-0.1, -0.05) is 18.7 Å². The van der Waals surface area contributed by atoms with Crippen molar-refractivity contribution in [1.29, 1.82) is 0 Å². The molecule has 0 saturated heterocycles. The molecule has 3 aliphatic carbocycles. The predicted molar refractivity (Wildman–Crippen MR) is 75.6 cm³/mol. The van der Waals surface area contributed by atoms with E-state index < -0.39 is 5.97 Å². The minimum atomic E-state index is -0.771. The minimum Gasteiger partial charge on any atom is -0.478 e. The van der Waals surface area contributed by atoms with Crippen LogP contribution in [0, 0.1) is 29.6 Å². The van der Waals surface area contributed by atoms with Gasteiger partial charge in [-0.15, -0.1) is 0 Å². The van der Waals surface area contributed by atoms with Crippen molar-refractivity contribution in [3.63, 3.8) is 0 Å². The van der Waals surface area contributed by atoms with Gasteiger partial charge in [0.25, 0.3) is 0 Å². The third-order valence-electron chi connectivity index (χ3n) is 6.04. The average molecular weight is 258 g/mol. The number of hydrogen-bond donors (Lipinski definition) is 1. The Labute approximate surface area is 114 Å². The van der Waals surface area contributed by atoms with Crippen LogP contribution < -0.4 is 0 Å². The second-order valence-electron chi connectivity index (χ2n) is 6.54. The first kappa shape index (κ1) is 12.7. The molecule has 0 aliphatic heterocycles. The summed E-state index contributed by atoms with van der Waals surface area (Å²) in [7, 11) is 0. The Morgan fingerprint density at radius 1 is 1.16 bits per heavy atom. The molecule has 19 heavy (non-hydrogen) atoms. The summed E-state index contributed by atoms with van der Waals surface area (Å²) in [6, 6.07) is 0. The standard InChI is InChI=1S/C17H22O2/c1-8-9(2)15-7-14(8)13-6-5-12(16(13)15)10(3)11(4)17(18)19/h12-16H,1-2,5-7H2,3-4H3,(H,18,19). The highest BCUT2D eigenvalue weighted by Gasteiger charge is 2.56. The summed E-state index contributed by atoms with van der Waals surface area (Å²) in [5.41, 5.74) is 4.16. The molecule has 3 rings (SSSR count). The van der Waals surface area contributed by atoms with Gasteiger partial charge in [-0.05, 0) is 73.8 Å². The topological polar surface area (TPSA) is 37.3 Å². The van der Waals surface area contributed by atoms with Gasteiger partial charge in [-0.3, -0.25) is 0 Å². The summed E-state index contributed by atoms with van der Waals surface area (Å²) in [5, 5.41) is 9.19. The largest absolute Gasteiger partial charge is 0.478 e. The van der Waals surface area contributed by atoms with Gasteiger partial charge in [0.05, 0.1) is 0 Å². The van der Waals surface area contributed by atoms with Gasteiger partial charge in [0, 0.05) is 5.57 Å². The number of allylic oxidation sites excluding steroid dienone is 3. The average Bonchev–Trinajstić information content (AvgIpc) is 3.00. The third kappa shape index (κ3) is 1.58. The van der Waals surface area contributed by atoms with Crippen LogP contribution in [0.2, 0.25) is 0 Å². The molecule has 0 amide bonds. The molecule has 5 unspecified atom stereocenters. The van der Waals surface area contributed by atoms with Crippen molar-refractivity contribution in [3.8, 4) is 0 Å². The molecule has 0 radical (unpaired) electrons. The highest BCUT2D eigenvalue weighted by Crippen LogP contribution is 2.65. The van der Waals surface area contributed by atoms with E-state index in [9.17, 15) is 9.90 Å². The van der Waals surface area contributed by atoms with Crippen LogP contribution in [0.3, 0.4) is 0 Å². The van der Waals surface area contributed by atoms with Crippen LogP contribution >= 0.6 is 0 Å². The zero-order valence-corrected chi connectivity index (χ0v) is 11.8. The van der Waals surface area contributed by atoms with E-state index in [4.69, 9.17) is 0 Å². The molecule has 0 spiro atoms. The normalized spacial score (nSPS) is 41.5. The number of carboxylic acid groups (broad SMARTS) is 1. The van der Waals surface area contributed by atoms with E-state index in [1.54, 1.807) is 6.92 Å². The fourth-order valence-corrected chi connectivity index (χ4v) is 4.91. The zero-order valence-electron chi connectivity index (χ0n) is 11.8. The Hall–Kier alpha value is -1.31. The lowest BCUT2D eigenvalue weighted by Gasteiger charge is -2.32. The minimum absolute atomic E-state index is 0.445. The van der Waals surface area contributed by atoms with Crippen molar-refractivity contribution >= 4 is 5.97 Å². The van der Waals surface area contributed by atoms with Crippen molar-refractivity contribution in [1.82, 2.24) is 0 Å². The molecular weight excluding hydrogens is 236 g/mol. The maximum absolute atomic E-state index is 11.2. The Morgan fingerprint density at radius 2 is 1.79 bits per heavy atom. The maximum Gasteiger partial charge on any atom is 0.331 e. The molecule has 3 aliphatic rings. The SMILES string of the molecule is C=C1C(=C)C2CC1C1CCC(C(C)=C(C)C(=O)O)C21. The fourth-order valence-electron chi connectivity index (χ4n) is 4.91. The van der Waals surface area contributed by atoms with Gasteiger partial charge in [0.15, 0.2) is 0 Å². The summed E-state index contributed by atoms with van der Waals surface area (Å²) < 4.78 is 0. The molecule has 0 aromatic rings. The molecule has 0 aromatic heterocycles. The molecule has 2 heteroatoms. The van der Waals surface area contributed by atoms with E-state index in [1.165, 1.54) is 24.0 Å². The fraction of sp³-hybridized carbons (Fsp3) is 0.588. The zero-order chi connectivity index (χ0) is 13.9. The lowest BCUT2D eigenvalue weighted by Crippen LogP contribution is -2.25. The second kappa shape index (κ2) is 4.09. The van der Waals surface area contributed by atoms with Crippen LogP contribution in [0.4, 0.5) is 0 Å². The lowest BCUT2D eigenvalue weighted by molar-refractivity contribution is -0.132. The predicted octanol–water partition coefficient (Wildman–Crippen LogP) is 3.81. The van der Waals surface area contributed by atoms with Crippen molar-refractivity contribution < 1.29 is 9.90 Å². The van der Waals surface area contributed by atoms with Crippen molar-refractivity contribution in [3.05, 3.63) is 35.5 Å². The third-order valence-corrected chi connectivity index (χ3v) is 6.04. The van der Waals surface area contributed by atoms with Crippen LogP contribution in [0.5, 0.6) is 0 Å². The van der Waals surface area contributed by atoms with Crippen molar-refractivity contribution in [2.75, 3.05) is 0 Å². The number of aliphatic carboxylic acids is 1. The molecule has 102 valence electrons. The number of hydrogen-bond acceptors (Lipinski definition) is 1. The molecular formula is C17H22O2. The highest BCUT2D eigenvalue weighted by molar-refractivity contribution is 5.86. The maximum atomic E-state index is 11.2. The first-order valence-electron chi connectivity index (χ1n) is 7.22. The van der Waals surface area contributed by atoms with Gasteiger partial charge in [0.1, 0.15) is 0 Å².